The van der Waals surface area contributed by atoms with Gasteiger partial charge in [0.15, 0.2) is 11.9 Å². The van der Waals surface area contributed by atoms with Crippen molar-refractivity contribution in [1.29, 1.82) is 0 Å². The molecule has 0 aromatic heterocycles. The average Bonchev–Trinajstić information content (AvgIpc) is 2.61. The van der Waals surface area contributed by atoms with Crippen LogP contribution in [0.15, 0.2) is 0 Å². The summed E-state index contributed by atoms with van der Waals surface area (Å²) in [5.74, 6) is -0.990. The molecule has 1 heterocycles. The van der Waals surface area contributed by atoms with Gasteiger partial charge < -0.3 is 14.2 Å². The van der Waals surface area contributed by atoms with Gasteiger partial charge in [0.1, 0.15) is 0 Å². The van der Waals surface area contributed by atoms with Gasteiger partial charge in [0.25, 0.3) is 0 Å². The van der Waals surface area contributed by atoms with Crippen LogP contribution >= 0.6 is 0 Å². The Morgan fingerprint density at radius 2 is 1.89 bits per heavy atom. The van der Waals surface area contributed by atoms with Gasteiger partial charge in [-0.1, -0.05) is 32.6 Å². The van der Waals surface area contributed by atoms with Crippen molar-refractivity contribution in [1.82, 2.24) is 0 Å². The van der Waals surface area contributed by atoms with E-state index in [9.17, 15) is 4.79 Å². The van der Waals surface area contributed by atoms with Gasteiger partial charge in [-0.05, 0) is 27.2 Å². The molecule has 1 aliphatic rings. The van der Waals surface area contributed by atoms with E-state index in [0.29, 0.717) is 6.61 Å². The van der Waals surface area contributed by atoms with Crippen LogP contribution in [-0.4, -0.2) is 30.6 Å². The van der Waals surface area contributed by atoms with Crippen molar-refractivity contribution in [2.24, 2.45) is 0 Å². The molecule has 1 aliphatic heterocycles. The quantitative estimate of drug-likeness (QED) is 0.520. The summed E-state index contributed by atoms with van der Waals surface area (Å²) in [6.07, 6.45) is 4.78. The van der Waals surface area contributed by atoms with Crippen LogP contribution in [0.4, 0.5) is 0 Å². The zero-order chi connectivity index (χ0) is 13.6. The van der Waals surface area contributed by atoms with Crippen molar-refractivity contribution in [3.63, 3.8) is 0 Å². The molecule has 0 aliphatic carbocycles. The highest BCUT2D eigenvalue weighted by molar-refractivity contribution is 5.75. The van der Waals surface area contributed by atoms with Gasteiger partial charge in [-0.15, -0.1) is 0 Å². The van der Waals surface area contributed by atoms with E-state index in [1.807, 2.05) is 13.8 Å². The Labute approximate surface area is 110 Å². The van der Waals surface area contributed by atoms with Crippen LogP contribution in [-0.2, 0) is 19.0 Å². The Bertz CT molecular complexity index is 263. The maximum absolute atomic E-state index is 11.8. The van der Waals surface area contributed by atoms with E-state index in [1.54, 1.807) is 6.92 Å². The first-order valence-corrected chi connectivity index (χ1v) is 7.02. The van der Waals surface area contributed by atoms with Crippen LogP contribution in [0.5, 0.6) is 0 Å². The van der Waals surface area contributed by atoms with Crippen LogP contribution in [0, 0.1) is 0 Å². The number of ether oxygens (including phenoxy) is 3. The number of esters is 1. The molecule has 0 aromatic rings. The molecule has 0 aromatic carbocycles. The molecule has 0 radical (unpaired) electrons. The summed E-state index contributed by atoms with van der Waals surface area (Å²) >= 11 is 0. The van der Waals surface area contributed by atoms with Crippen LogP contribution in [0.3, 0.4) is 0 Å². The lowest BCUT2D eigenvalue weighted by molar-refractivity contribution is -0.170. The predicted octanol–water partition coefficient (Wildman–Crippen LogP) is 3.04. The highest BCUT2D eigenvalue weighted by atomic mass is 16.8. The number of carbonyl (C=O) groups is 1. The molecule has 0 unspecified atom stereocenters. The Morgan fingerprint density at radius 3 is 2.50 bits per heavy atom. The SMILES string of the molecule is CCCCCC[C@H]1OC(C)(C)O[C@@H]1C(=O)OCC. The van der Waals surface area contributed by atoms with Crippen LogP contribution in [0.25, 0.3) is 0 Å². The third-order valence-electron chi connectivity index (χ3n) is 3.04. The van der Waals surface area contributed by atoms with Crippen molar-refractivity contribution < 1.29 is 19.0 Å². The fourth-order valence-electron chi connectivity index (χ4n) is 2.24. The maximum atomic E-state index is 11.8. The molecule has 106 valence electrons. The minimum Gasteiger partial charge on any atom is -0.464 e. The highest BCUT2D eigenvalue weighted by Crippen LogP contribution is 2.31. The lowest BCUT2D eigenvalue weighted by Gasteiger charge is -2.16. The summed E-state index contributed by atoms with van der Waals surface area (Å²) in [7, 11) is 0. The van der Waals surface area contributed by atoms with Crippen molar-refractivity contribution >= 4 is 5.97 Å². The molecule has 1 saturated heterocycles. The molecule has 4 nitrogen and oxygen atoms in total. The first kappa shape index (κ1) is 15.4. The molecule has 4 heteroatoms. The second kappa shape index (κ2) is 7.10. The fourth-order valence-corrected chi connectivity index (χ4v) is 2.24. The second-order valence-electron chi connectivity index (χ2n) is 5.20. The van der Waals surface area contributed by atoms with Crippen molar-refractivity contribution in [2.75, 3.05) is 6.61 Å². The van der Waals surface area contributed by atoms with Crippen molar-refractivity contribution in [2.45, 2.75) is 77.8 Å². The highest BCUT2D eigenvalue weighted by Gasteiger charge is 2.45. The Morgan fingerprint density at radius 1 is 1.17 bits per heavy atom. The van der Waals surface area contributed by atoms with Gasteiger partial charge in [0.2, 0.25) is 0 Å². The van der Waals surface area contributed by atoms with Gasteiger partial charge in [0, 0.05) is 0 Å². The molecule has 0 amide bonds. The minimum absolute atomic E-state index is 0.170. The zero-order valence-corrected chi connectivity index (χ0v) is 12.0. The van der Waals surface area contributed by atoms with E-state index >= 15 is 0 Å². The number of carbonyl (C=O) groups excluding carboxylic acids is 1. The monoisotopic (exact) mass is 258 g/mol. The number of hydrogen-bond donors (Lipinski definition) is 0. The normalized spacial score (nSPS) is 26.2. The molecule has 2 atom stereocenters. The number of unbranched alkanes of at least 4 members (excludes halogenated alkanes) is 3. The molecule has 0 N–H and O–H groups in total. The molecule has 0 bridgehead atoms. The largest absolute Gasteiger partial charge is 0.464 e. The first-order chi connectivity index (χ1) is 8.50. The number of rotatable bonds is 7. The van der Waals surface area contributed by atoms with E-state index < -0.39 is 11.9 Å². The van der Waals surface area contributed by atoms with Crippen molar-refractivity contribution in [3.05, 3.63) is 0 Å². The van der Waals surface area contributed by atoms with Gasteiger partial charge in [0.05, 0.1) is 12.7 Å². The summed E-state index contributed by atoms with van der Waals surface area (Å²) in [6.45, 7) is 8.03. The Kier molecular flexibility index (Phi) is 6.09. The van der Waals surface area contributed by atoms with Crippen LogP contribution in [0.2, 0.25) is 0 Å². The summed E-state index contributed by atoms with van der Waals surface area (Å²) in [5.41, 5.74) is 0. The summed E-state index contributed by atoms with van der Waals surface area (Å²) in [4.78, 5) is 11.8. The predicted molar refractivity (Wildman–Crippen MR) is 69.2 cm³/mol. The molecule has 0 spiro atoms. The lowest BCUT2D eigenvalue weighted by Crippen LogP contribution is -2.33. The topological polar surface area (TPSA) is 44.8 Å². The molecule has 1 fully saturated rings. The van der Waals surface area contributed by atoms with Crippen LogP contribution in [0.1, 0.15) is 59.8 Å². The Hall–Kier alpha value is -0.610. The van der Waals surface area contributed by atoms with E-state index in [1.165, 1.54) is 19.3 Å². The molecule has 1 rings (SSSR count). The maximum Gasteiger partial charge on any atom is 0.338 e. The summed E-state index contributed by atoms with van der Waals surface area (Å²) in [5, 5.41) is 0. The van der Waals surface area contributed by atoms with Gasteiger partial charge in [-0.2, -0.15) is 0 Å². The minimum atomic E-state index is -0.688. The van der Waals surface area contributed by atoms with E-state index in [0.717, 1.165) is 12.8 Å². The van der Waals surface area contributed by atoms with E-state index in [2.05, 4.69) is 6.92 Å². The Balaban J connectivity index is 2.48. The van der Waals surface area contributed by atoms with E-state index in [4.69, 9.17) is 14.2 Å². The fraction of sp³-hybridized carbons (Fsp3) is 0.929. The zero-order valence-electron chi connectivity index (χ0n) is 12.0. The number of hydrogen-bond acceptors (Lipinski definition) is 4. The molecule has 18 heavy (non-hydrogen) atoms. The third kappa shape index (κ3) is 4.58. The molecule has 0 saturated carbocycles. The van der Waals surface area contributed by atoms with Gasteiger partial charge in [-0.3, -0.25) is 0 Å². The van der Waals surface area contributed by atoms with Gasteiger partial charge in [-0.25, -0.2) is 4.79 Å². The summed E-state index contributed by atoms with van der Waals surface area (Å²) in [6, 6.07) is 0. The lowest BCUT2D eigenvalue weighted by atomic mass is 10.1. The first-order valence-electron chi connectivity index (χ1n) is 7.02. The van der Waals surface area contributed by atoms with E-state index in [-0.39, 0.29) is 12.1 Å². The second-order valence-corrected chi connectivity index (χ2v) is 5.20. The average molecular weight is 258 g/mol. The van der Waals surface area contributed by atoms with Gasteiger partial charge >= 0.3 is 5.97 Å². The molecular formula is C14H26O4. The standard InChI is InChI=1S/C14H26O4/c1-5-7-8-9-10-11-12(13(15)16-6-2)18-14(3,4)17-11/h11-12H,5-10H2,1-4H3/t11-,12+/m1/s1. The molecular weight excluding hydrogens is 232 g/mol. The van der Waals surface area contributed by atoms with Crippen molar-refractivity contribution in [3.8, 4) is 0 Å². The van der Waals surface area contributed by atoms with Crippen LogP contribution < -0.4 is 0 Å². The summed E-state index contributed by atoms with van der Waals surface area (Å²) < 4.78 is 16.5. The third-order valence-corrected chi connectivity index (χ3v) is 3.04. The smallest absolute Gasteiger partial charge is 0.338 e.